The molecule has 3 heterocycles. The van der Waals surface area contributed by atoms with Crippen molar-refractivity contribution in [1.29, 1.82) is 0 Å². The summed E-state index contributed by atoms with van der Waals surface area (Å²) in [6.07, 6.45) is 3.03. The van der Waals surface area contributed by atoms with Gasteiger partial charge in [0.05, 0.1) is 34.6 Å². The van der Waals surface area contributed by atoms with Crippen molar-refractivity contribution >= 4 is 28.6 Å². The van der Waals surface area contributed by atoms with Crippen LogP contribution in [0, 0.1) is 13.8 Å². The monoisotopic (exact) mass is 467 g/mol. The number of carbonyl (C=O) groups is 2. The highest BCUT2D eigenvalue weighted by molar-refractivity contribution is 6.08. The molecule has 0 radical (unpaired) electrons. The van der Waals surface area contributed by atoms with Gasteiger partial charge < -0.3 is 15.2 Å². The molecule has 2 amide bonds. The minimum absolute atomic E-state index is 0.211. The Labute approximate surface area is 200 Å². The number of aryl methyl sites for hydroxylation is 2. The predicted octanol–water partition coefficient (Wildman–Crippen LogP) is 3.46. The first kappa shape index (κ1) is 22.0. The summed E-state index contributed by atoms with van der Waals surface area (Å²) in [5, 5.41) is 14.0. The zero-order valence-electron chi connectivity index (χ0n) is 19.0. The van der Waals surface area contributed by atoms with Crippen molar-refractivity contribution in [1.82, 2.24) is 30.2 Å². The molecule has 174 valence electrons. The van der Waals surface area contributed by atoms with Crippen molar-refractivity contribution in [2.45, 2.75) is 13.8 Å². The maximum atomic E-state index is 13.1. The van der Waals surface area contributed by atoms with Crippen LogP contribution in [-0.2, 0) is 4.79 Å². The quantitative estimate of drug-likeness (QED) is 0.391. The van der Waals surface area contributed by atoms with Crippen LogP contribution < -0.4 is 10.6 Å². The highest BCUT2D eigenvalue weighted by Crippen LogP contribution is 2.27. The number of anilines is 1. The van der Waals surface area contributed by atoms with Crippen molar-refractivity contribution in [3.8, 4) is 16.9 Å². The highest BCUT2D eigenvalue weighted by atomic mass is 16.5. The molecular weight excluding hydrogens is 446 g/mol. The second-order valence-electron chi connectivity index (χ2n) is 7.99. The van der Waals surface area contributed by atoms with Crippen molar-refractivity contribution < 1.29 is 14.1 Å². The average Bonchev–Trinajstić information content (AvgIpc) is 3.53. The van der Waals surface area contributed by atoms with E-state index in [1.54, 1.807) is 48.3 Å². The fourth-order valence-corrected chi connectivity index (χ4v) is 3.65. The van der Waals surface area contributed by atoms with Gasteiger partial charge in [0.2, 0.25) is 5.91 Å². The molecule has 0 spiro atoms. The number of aromatic nitrogens is 5. The summed E-state index contributed by atoms with van der Waals surface area (Å²) in [5.41, 5.74) is 5.09. The Hall–Kier alpha value is -4.86. The van der Waals surface area contributed by atoms with E-state index in [-0.39, 0.29) is 18.2 Å². The third-order valence-corrected chi connectivity index (χ3v) is 5.45. The van der Waals surface area contributed by atoms with Crippen LogP contribution in [0.1, 0.15) is 21.6 Å². The van der Waals surface area contributed by atoms with Crippen LogP contribution in [-0.4, -0.2) is 43.3 Å². The molecule has 10 heteroatoms. The van der Waals surface area contributed by atoms with E-state index in [9.17, 15) is 9.59 Å². The second-order valence-corrected chi connectivity index (χ2v) is 7.99. The fourth-order valence-electron chi connectivity index (χ4n) is 3.65. The Kier molecular flexibility index (Phi) is 5.76. The Balaban J connectivity index is 1.30. The van der Waals surface area contributed by atoms with E-state index in [0.29, 0.717) is 28.0 Å². The maximum absolute atomic E-state index is 13.1. The van der Waals surface area contributed by atoms with Crippen molar-refractivity contribution in [2.24, 2.45) is 0 Å². The van der Waals surface area contributed by atoms with Crippen LogP contribution in [0.3, 0.4) is 0 Å². The molecule has 0 bridgehead atoms. The summed E-state index contributed by atoms with van der Waals surface area (Å²) in [4.78, 5) is 34.0. The molecule has 2 aromatic carbocycles. The molecule has 0 aliphatic rings. The summed E-state index contributed by atoms with van der Waals surface area (Å²) < 4.78 is 6.95. The van der Waals surface area contributed by atoms with E-state index in [1.165, 1.54) is 6.33 Å². The van der Waals surface area contributed by atoms with E-state index >= 15 is 0 Å². The minimum Gasteiger partial charge on any atom is -0.343 e. The lowest BCUT2D eigenvalue weighted by molar-refractivity contribution is -0.115. The van der Waals surface area contributed by atoms with Gasteiger partial charge >= 0.3 is 0 Å². The van der Waals surface area contributed by atoms with Gasteiger partial charge in [0, 0.05) is 11.3 Å². The third kappa shape index (κ3) is 4.62. The van der Waals surface area contributed by atoms with Crippen LogP contribution in [0.25, 0.3) is 28.0 Å². The summed E-state index contributed by atoms with van der Waals surface area (Å²) in [7, 11) is 0. The summed E-state index contributed by atoms with van der Waals surface area (Å²) in [6.45, 7) is 3.53. The Morgan fingerprint density at radius 2 is 1.80 bits per heavy atom. The molecule has 35 heavy (non-hydrogen) atoms. The Bertz CT molecular complexity index is 1510. The zero-order valence-corrected chi connectivity index (χ0v) is 19.0. The van der Waals surface area contributed by atoms with Gasteiger partial charge in [0.1, 0.15) is 12.7 Å². The maximum Gasteiger partial charge on any atom is 0.259 e. The molecule has 0 saturated heterocycles. The summed E-state index contributed by atoms with van der Waals surface area (Å²) >= 11 is 0. The largest absolute Gasteiger partial charge is 0.343 e. The molecule has 2 N–H and O–H groups in total. The lowest BCUT2D eigenvalue weighted by Crippen LogP contribution is -2.33. The van der Waals surface area contributed by atoms with E-state index in [1.807, 2.05) is 31.2 Å². The number of hydrogen-bond acceptors (Lipinski definition) is 7. The molecule has 3 aromatic heterocycles. The number of fused-ring (bicyclic) bond motifs is 1. The van der Waals surface area contributed by atoms with Crippen LogP contribution in [0.2, 0.25) is 0 Å². The molecule has 0 aliphatic carbocycles. The van der Waals surface area contributed by atoms with Crippen LogP contribution >= 0.6 is 0 Å². The third-order valence-electron chi connectivity index (χ3n) is 5.45. The first-order valence-electron chi connectivity index (χ1n) is 10.8. The molecule has 0 atom stereocenters. The average molecular weight is 467 g/mol. The fraction of sp³-hybridized carbons (Fsp3) is 0.120. The minimum atomic E-state index is -0.422. The van der Waals surface area contributed by atoms with Gasteiger partial charge in [-0.25, -0.2) is 14.6 Å². The molecule has 10 nitrogen and oxygen atoms in total. The second kappa shape index (κ2) is 9.18. The van der Waals surface area contributed by atoms with Gasteiger partial charge in [-0.2, -0.15) is 5.10 Å². The molecule has 0 saturated carbocycles. The number of benzene rings is 2. The van der Waals surface area contributed by atoms with E-state index in [2.05, 4.69) is 30.9 Å². The number of nitrogens with zero attached hydrogens (tertiary/aromatic N) is 5. The highest BCUT2D eigenvalue weighted by Gasteiger charge is 2.20. The molecule has 0 aliphatic heterocycles. The van der Waals surface area contributed by atoms with Gasteiger partial charge in [-0.1, -0.05) is 35.0 Å². The summed E-state index contributed by atoms with van der Waals surface area (Å²) in [6, 6.07) is 16.6. The smallest absolute Gasteiger partial charge is 0.259 e. The first-order valence-corrected chi connectivity index (χ1v) is 10.8. The number of pyridine rings is 1. The van der Waals surface area contributed by atoms with Crippen molar-refractivity contribution in [3.63, 3.8) is 0 Å². The lowest BCUT2D eigenvalue weighted by atomic mass is 10.0. The van der Waals surface area contributed by atoms with E-state index in [4.69, 9.17) is 4.52 Å². The van der Waals surface area contributed by atoms with Crippen LogP contribution in [0.4, 0.5) is 5.69 Å². The molecule has 0 fully saturated rings. The Morgan fingerprint density at radius 3 is 2.51 bits per heavy atom. The number of nitrogens with one attached hydrogen (secondary N) is 2. The van der Waals surface area contributed by atoms with Crippen molar-refractivity contribution in [3.05, 3.63) is 84.1 Å². The van der Waals surface area contributed by atoms with Gasteiger partial charge in [-0.15, -0.1) is 0 Å². The molecular formula is C25H21N7O3. The molecule has 0 unspecified atom stereocenters. The number of rotatable bonds is 6. The van der Waals surface area contributed by atoms with E-state index in [0.717, 1.165) is 16.8 Å². The first-order chi connectivity index (χ1) is 17.0. The van der Waals surface area contributed by atoms with Gasteiger partial charge in [-0.05, 0) is 44.2 Å². The van der Waals surface area contributed by atoms with Crippen molar-refractivity contribution in [2.75, 3.05) is 11.9 Å². The Morgan fingerprint density at radius 1 is 1.03 bits per heavy atom. The molecule has 5 aromatic rings. The topological polar surface area (TPSA) is 128 Å². The SMILES string of the molecule is Cc1ccc(-c2cc(C(=O)NCC(=O)Nc3ccc(-n4cncn4)cc3)c3c(C)noc3n2)cc1. The standard InChI is InChI=1S/C25H21N7O3/c1-15-3-5-17(6-4-15)21-11-20(23-16(2)31-35-25(23)30-21)24(34)27-12-22(33)29-18-7-9-19(10-8-18)32-14-26-13-28-32/h3-11,13-14H,12H2,1-2H3,(H,27,34)(H,29,33). The van der Waals surface area contributed by atoms with Gasteiger partial charge in [0.15, 0.2) is 0 Å². The zero-order chi connectivity index (χ0) is 24.4. The van der Waals surface area contributed by atoms with Gasteiger partial charge in [0.25, 0.3) is 11.6 Å². The number of amides is 2. The number of hydrogen-bond donors (Lipinski definition) is 2. The lowest BCUT2D eigenvalue weighted by Gasteiger charge is -2.10. The van der Waals surface area contributed by atoms with Crippen LogP contribution in [0.15, 0.2) is 71.8 Å². The predicted molar refractivity (Wildman–Crippen MR) is 129 cm³/mol. The normalized spacial score (nSPS) is 10.9. The number of carbonyl (C=O) groups excluding carboxylic acids is 2. The van der Waals surface area contributed by atoms with Gasteiger partial charge in [-0.3, -0.25) is 9.59 Å². The van der Waals surface area contributed by atoms with Crippen LogP contribution in [0.5, 0.6) is 0 Å². The summed E-state index contributed by atoms with van der Waals surface area (Å²) in [5.74, 6) is -0.785. The van der Waals surface area contributed by atoms with E-state index < -0.39 is 5.91 Å². The molecule has 5 rings (SSSR count).